The van der Waals surface area contributed by atoms with E-state index in [1.807, 2.05) is 11.4 Å². The van der Waals surface area contributed by atoms with Crippen molar-refractivity contribution < 1.29 is 17.6 Å². The van der Waals surface area contributed by atoms with Crippen molar-refractivity contribution in [3.8, 4) is 11.5 Å². The molecule has 0 saturated carbocycles. The van der Waals surface area contributed by atoms with Gasteiger partial charge in [0.05, 0.1) is 15.5 Å². The van der Waals surface area contributed by atoms with E-state index >= 15 is 0 Å². The number of rotatable bonds is 5. The average Bonchev–Trinajstić information content (AvgIpc) is 3.37. The first kappa shape index (κ1) is 18.4. The molecule has 142 valence electrons. The molecule has 28 heavy (non-hydrogen) atoms. The van der Waals surface area contributed by atoms with E-state index in [2.05, 4.69) is 10.3 Å². The topological polar surface area (TPSA) is 89.3 Å². The molecule has 2 aromatic carbocycles. The molecule has 0 saturated heterocycles. The highest BCUT2D eigenvalue weighted by atomic mass is 32.2. The number of aromatic nitrogens is 1. The SMILES string of the molecule is CCS(=O)(=O)c1ccc2oc(-c3ccc(NC(=O)c4cccs4)cc3)nc2c1. The van der Waals surface area contributed by atoms with Crippen LogP contribution < -0.4 is 5.32 Å². The Morgan fingerprint density at radius 2 is 1.93 bits per heavy atom. The summed E-state index contributed by atoms with van der Waals surface area (Å²) in [5.41, 5.74) is 2.39. The third kappa shape index (κ3) is 3.56. The molecule has 0 aliphatic carbocycles. The van der Waals surface area contributed by atoms with Crippen molar-refractivity contribution in [1.82, 2.24) is 4.98 Å². The maximum absolute atomic E-state index is 12.1. The van der Waals surface area contributed by atoms with Crippen molar-refractivity contribution in [3.63, 3.8) is 0 Å². The highest BCUT2D eigenvalue weighted by molar-refractivity contribution is 7.91. The number of hydrogen-bond acceptors (Lipinski definition) is 6. The Hall–Kier alpha value is -2.97. The molecule has 0 unspecified atom stereocenters. The van der Waals surface area contributed by atoms with Crippen LogP contribution in [-0.4, -0.2) is 25.1 Å². The van der Waals surface area contributed by atoms with E-state index in [1.54, 1.807) is 43.3 Å². The predicted octanol–water partition coefficient (Wildman–Crippen LogP) is 4.60. The zero-order valence-corrected chi connectivity index (χ0v) is 16.5. The largest absolute Gasteiger partial charge is 0.436 e. The Labute approximate surface area is 165 Å². The number of nitrogens with zero attached hydrogens (tertiary/aromatic N) is 1. The quantitative estimate of drug-likeness (QED) is 0.517. The molecule has 0 atom stereocenters. The lowest BCUT2D eigenvalue weighted by molar-refractivity contribution is 0.103. The molecule has 2 aromatic heterocycles. The summed E-state index contributed by atoms with van der Waals surface area (Å²) in [5, 5.41) is 4.68. The van der Waals surface area contributed by atoms with E-state index in [-0.39, 0.29) is 16.6 Å². The van der Waals surface area contributed by atoms with Gasteiger partial charge in [-0.25, -0.2) is 13.4 Å². The molecule has 4 rings (SSSR count). The summed E-state index contributed by atoms with van der Waals surface area (Å²) in [4.78, 5) is 17.4. The van der Waals surface area contributed by atoms with Crippen LogP contribution in [0.5, 0.6) is 0 Å². The van der Waals surface area contributed by atoms with Crippen molar-refractivity contribution in [1.29, 1.82) is 0 Å². The Morgan fingerprint density at radius 3 is 2.61 bits per heavy atom. The minimum Gasteiger partial charge on any atom is -0.436 e. The molecule has 0 bridgehead atoms. The second-order valence-corrected chi connectivity index (χ2v) is 9.29. The van der Waals surface area contributed by atoms with Gasteiger partial charge in [-0.1, -0.05) is 13.0 Å². The summed E-state index contributed by atoms with van der Waals surface area (Å²) in [7, 11) is -3.30. The van der Waals surface area contributed by atoms with Gasteiger partial charge in [-0.15, -0.1) is 11.3 Å². The summed E-state index contributed by atoms with van der Waals surface area (Å²) in [6.07, 6.45) is 0. The van der Waals surface area contributed by atoms with Gasteiger partial charge < -0.3 is 9.73 Å². The molecule has 0 aliphatic heterocycles. The fourth-order valence-electron chi connectivity index (χ4n) is 2.69. The van der Waals surface area contributed by atoms with Crippen LogP contribution in [0.15, 0.2) is 69.3 Å². The number of hydrogen-bond donors (Lipinski definition) is 1. The van der Waals surface area contributed by atoms with Crippen LogP contribution in [0, 0.1) is 0 Å². The molecule has 6 nitrogen and oxygen atoms in total. The molecule has 1 amide bonds. The third-order valence-electron chi connectivity index (χ3n) is 4.23. The first-order valence-electron chi connectivity index (χ1n) is 8.55. The Balaban J connectivity index is 1.58. The van der Waals surface area contributed by atoms with Gasteiger partial charge in [-0.3, -0.25) is 4.79 Å². The molecule has 0 aliphatic rings. The number of anilines is 1. The lowest BCUT2D eigenvalue weighted by atomic mass is 10.2. The molecular formula is C20H16N2O4S2. The summed E-state index contributed by atoms with van der Waals surface area (Å²) >= 11 is 1.38. The number of fused-ring (bicyclic) bond motifs is 1. The smallest absolute Gasteiger partial charge is 0.265 e. The van der Waals surface area contributed by atoms with Crippen LogP contribution in [-0.2, 0) is 9.84 Å². The maximum atomic E-state index is 12.1. The van der Waals surface area contributed by atoms with Crippen LogP contribution in [0.3, 0.4) is 0 Å². The number of benzene rings is 2. The number of carbonyl (C=O) groups excluding carboxylic acids is 1. The van der Waals surface area contributed by atoms with E-state index < -0.39 is 9.84 Å². The summed E-state index contributed by atoms with van der Waals surface area (Å²) in [5.74, 6) is 0.258. The monoisotopic (exact) mass is 412 g/mol. The summed E-state index contributed by atoms with van der Waals surface area (Å²) < 4.78 is 29.8. The average molecular weight is 412 g/mol. The fraction of sp³-hybridized carbons (Fsp3) is 0.100. The van der Waals surface area contributed by atoms with Crippen LogP contribution >= 0.6 is 11.3 Å². The van der Waals surface area contributed by atoms with E-state index in [4.69, 9.17) is 4.42 Å². The van der Waals surface area contributed by atoms with Crippen LogP contribution in [0.1, 0.15) is 16.6 Å². The predicted molar refractivity (Wildman–Crippen MR) is 109 cm³/mol. The zero-order valence-electron chi connectivity index (χ0n) is 14.9. The van der Waals surface area contributed by atoms with Gasteiger partial charge in [0, 0.05) is 11.3 Å². The fourth-order valence-corrected chi connectivity index (χ4v) is 4.21. The lowest BCUT2D eigenvalue weighted by Gasteiger charge is -2.04. The van der Waals surface area contributed by atoms with Gasteiger partial charge in [0.1, 0.15) is 5.52 Å². The van der Waals surface area contributed by atoms with E-state index in [0.717, 1.165) is 5.56 Å². The first-order valence-corrected chi connectivity index (χ1v) is 11.1. The third-order valence-corrected chi connectivity index (χ3v) is 6.83. The highest BCUT2D eigenvalue weighted by Gasteiger charge is 2.15. The lowest BCUT2D eigenvalue weighted by Crippen LogP contribution is -2.09. The Bertz CT molecular complexity index is 1240. The van der Waals surface area contributed by atoms with E-state index in [0.29, 0.717) is 27.6 Å². The Kier molecular flexibility index (Phi) is 4.74. The van der Waals surface area contributed by atoms with Crippen LogP contribution in [0.2, 0.25) is 0 Å². The summed E-state index contributed by atoms with van der Waals surface area (Å²) in [6, 6.07) is 15.4. The number of amides is 1. The standard InChI is InChI=1S/C20H16N2O4S2/c1-2-28(24,25)15-9-10-17-16(12-15)22-20(26-17)13-5-7-14(8-6-13)21-19(23)18-4-3-11-27-18/h3-12H,2H2,1H3,(H,21,23). The zero-order chi connectivity index (χ0) is 19.7. The van der Waals surface area contributed by atoms with Gasteiger partial charge in [-0.2, -0.15) is 0 Å². The number of sulfone groups is 1. The number of thiophene rings is 1. The van der Waals surface area contributed by atoms with Crippen molar-refractivity contribution in [2.75, 3.05) is 11.1 Å². The minimum absolute atomic E-state index is 0.0296. The maximum Gasteiger partial charge on any atom is 0.265 e. The van der Waals surface area contributed by atoms with Gasteiger partial charge >= 0.3 is 0 Å². The molecule has 4 aromatic rings. The summed E-state index contributed by atoms with van der Waals surface area (Å²) in [6.45, 7) is 1.60. The highest BCUT2D eigenvalue weighted by Crippen LogP contribution is 2.27. The van der Waals surface area contributed by atoms with Gasteiger partial charge in [0.2, 0.25) is 5.89 Å². The molecule has 0 fully saturated rings. The number of nitrogens with one attached hydrogen (secondary N) is 1. The molecule has 8 heteroatoms. The van der Waals surface area contributed by atoms with Gasteiger partial charge in [0.15, 0.2) is 15.4 Å². The van der Waals surface area contributed by atoms with E-state index in [9.17, 15) is 13.2 Å². The second kappa shape index (κ2) is 7.21. The second-order valence-electron chi connectivity index (χ2n) is 6.06. The van der Waals surface area contributed by atoms with Crippen molar-refractivity contribution in [2.24, 2.45) is 0 Å². The minimum atomic E-state index is -3.30. The van der Waals surface area contributed by atoms with Crippen molar-refractivity contribution in [2.45, 2.75) is 11.8 Å². The number of oxazole rings is 1. The molecule has 0 radical (unpaired) electrons. The van der Waals surface area contributed by atoms with Crippen molar-refractivity contribution >= 4 is 43.9 Å². The van der Waals surface area contributed by atoms with Gasteiger partial charge in [-0.05, 0) is 53.9 Å². The normalized spacial score (nSPS) is 11.6. The molecule has 2 heterocycles. The van der Waals surface area contributed by atoms with Crippen molar-refractivity contribution in [3.05, 3.63) is 64.9 Å². The molecule has 1 N–H and O–H groups in total. The molecular weight excluding hydrogens is 396 g/mol. The van der Waals surface area contributed by atoms with Crippen LogP contribution in [0.25, 0.3) is 22.6 Å². The number of carbonyl (C=O) groups is 1. The van der Waals surface area contributed by atoms with Crippen LogP contribution in [0.4, 0.5) is 5.69 Å². The molecule has 0 spiro atoms. The Morgan fingerprint density at radius 1 is 1.14 bits per heavy atom. The van der Waals surface area contributed by atoms with Gasteiger partial charge in [0.25, 0.3) is 5.91 Å². The van der Waals surface area contributed by atoms with E-state index in [1.165, 1.54) is 23.5 Å². The first-order chi connectivity index (χ1) is 13.5.